The minimum Gasteiger partial charge on any atom is -0.381 e. The summed E-state index contributed by atoms with van der Waals surface area (Å²) in [5.41, 5.74) is 3.00. The number of nitrogens with one attached hydrogen (secondary N) is 3. The average molecular weight is 531 g/mol. The van der Waals surface area contributed by atoms with Crippen LogP contribution in [0, 0.1) is 17.8 Å². The van der Waals surface area contributed by atoms with Crippen LogP contribution in [0.4, 0.5) is 16.2 Å². The lowest BCUT2D eigenvalue weighted by molar-refractivity contribution is -0.138. The molecule has 1 saturated heterocycles. The summed E-state index contributed by atoms with van der Waals surface area (Å²) in [7, 11) is 0. The van der Waals surface area contributed by atoms with Crippen LogP contribution in [0.2, 0.25) is 5.02 Å². The molecule has 7 heteroatoms. The molecule has 198 valence electrons. The van der Waals surface area contributed by atoms with Crippen LogP contribution in [0.25, 0.3) is 0 Å². The van der Waals surface area contributed by atoms with Gasteiger partial charge < -0.3 is 20.9 Å². The summed E-state index contributed by atoms with van der Waals surface area (Å²) >= 11 is 6.08. The monoisotopic (exact) mass is 530 g/mol. The van der Waals surface area contributed by atoms with Crippen molar-refractivity contribution >= 4 is 34.9 Å². The zero-order chi connectivity index (χ0) is 26.1. The molecule has 1 saturated carbocycles. The van der Waals surface area contributed by atoms with Gasteiger partial charge in [0.2, 0.25) is 5.91 Å². The second-order valence-corrected chi connectivity index (χ2v) is 11.4. The van der Waals surface area contributed by atoms with Gasteiger partial charge in [0.15, 0.2) is 0 Å². The first-order chi connectivity index (χ1) is 18.6. The fourth-order valence-corrected chi connectivity index (χ4v) is 7.21. The number of halogens is 1. The number of amides is 3. The van der Waals surface area contributed by atoms with E-state index < -0.39 is 0 Å². The standard InChI is InChI=1S/C31H35ClN4O2/c32-21-11-8-12-22(19-21)33-31(38)35-27-16-7-5-14-24(27)30(37)36-18-17-25-28(20-9-2-1-3-10-20)34-26-15-6-4-13-23(26)29(25)36/h1-4,6,8-9,11-13,15,19-20,24-25,27-29,34H,5,7,10,14,16-18H2,(H2,33,35,38)/t20?,24-,25+,27+,28-,29-/m0/s1. The average Bonchev–Trinajstić information content (AvgIpc) is 3.39. The van der Waals surface area contributed by atoms with Crippen LogP contribution < -0.4 is 16.0 Å². The van der Waals surface area contributed by atoms with Gasteiger partial charge in [0, 0.05) is 46.9 Å². The van der Waals surface area contributed by atoms with Gasteiger partial charge in [-0.3, -0.25) is 4.79 Å². The van der Waals surface area contributed by atoms with Crippen LogP contribution >= 0.6 is 11.6 Å². The number of carbonyl (C=O) groups excluding carboxylic acids is 2. The van der Waals surface area contributed by atoms with Crippen molar-refractivity contribution in [3.63, 3.8) is 0 Å². The minimum absolute atomic E-state index is 0.0621. The van der Waals surface area contributed by atoms with E-state index in [-0.39, 0.29) is 36.0 Å². The predicted molar refractivity (Wildman–Crippen MR) is 152 cm³/mol. The molecule has 6 atom stereocenters. The summed E-state index contributed by atoms with van der Waals surface area (Å²) in [6.07, 6.45) is 14.4. The third-order valence-corrected chi connectivity index (χ3v) is 8.98. The summed E-state index contributed by atoms with van der Waals surface area (Å²) < 4.78 is 0. The molecule has 6 rings (SSSR count). The number of hydrogen-bond acceptors (Lipinski definition) is 3. The first-order valence-electron chi connectivity index (χ1n) is 13.9. The summed E-state index contributed by atoms with van der Waals surface area (Å²) in [6.45, 7) is 0.755. The fourth-order valence-electron chi connectivity index (χ4n) is 7.02. The summed E-state index contributed by atoms with van der Waals surface area (Å²) in [5, 5.41) is 10.4. The van der Waals surface area contributed by atoms with E-state index in [0.717, 1.165) is 50.8 Å². The Balaban J connectivity index is 1.21. The number of fused-ring (bicyclic) bond motifs is 3. The molecule has 4 aliphatic rings. The molecule has 0 radical (unpaired) electrons. The maximum absolute atomic E-state index is 14.2. The van der Waals surface area contributed by atoms with Crippen molar-refractivity contribution in [3.05, 3.63) is 83.4 Å². The second-order valence-electron chi connectivity index (χ2n) is 11.0. The Morgan fingerprint density at radius 1 is 1.00 bits per heavy atom. The van der Waals surface area contributed by atoms with E-state index in [9.17, 15) is 9.59 Å². The van der Waals surface area contributed by atoms with Crippen molar-refractivity contribution in [2.24, 2.45) is 17.8 Å². The number of nitrogens with zero attached hydrogens (tertiary/aromatic N) is 1. The maximum Gasteiger partial charge on any atom is 0.319 e. The highest BCUT2D eigenvalue weighted by atomic mass is 35.5. The quantitative estimate of drug-likeness (QED) is 0.420. The number of allylic oxidation sites excluding steroid dienone is 3. The lowest BCUT2D eigenvalue weighted by Gasteiger charge is -2.44. The molecular weight excluding hydrogens is 496 g/mol. The minimum atomic E-state index is -0.291. The van der Waals surface area contributed by atoms with Gasteiger partial charge in [-0.05, 0) is 55.5 Å². The SMILES string of the molecule is O=C(Nc1cccc(Cl)c1)N[C@@H]1CCCC[C@@H]1C(=O)N1CC[C@@H]2[C@H](C3C=CC=CC3)Nc3ccccc3[C@@H]21. The number of hydrogen-bond donors (Lipinski definition) is 3. The molecule has 38 heavy (non-hydrogen) atoms. The molecule has 3 N–H and O–H groups in total. The van der Waals surface area contributed by atoms with Crippen LogP contribution in [-0.4, -0.2) is 35.5 Å². The van der Waals surface area contributed by atoms with Crippen molar-refractivity contribution in [1.82, 2.24) is 10.2 Å². The van der Waals surface area contributed by atoms with Gasteiger partial charge >= 0.3 is 6.03 Å². The molecule has 3 amide bonds. The number of para-hydroxylation sites is 1. The Bertz CT molecular complexity index is 1260. The molecule has 2 heterocycles. The number of carbonyl (C=O) groups is 2. The van der Waals surface area contributed by atoms with E-state index in [4.69, 9.17) is 11.6 Å². The first kappa shape index (κ1) is 25.1. The Morgan fingerprint density at radius 3 is 2.71 bits per heavy atom. The fraction of sp³-hybridized carbons (Fsp3) is 0.419. The zero-order valence-corrected chi connectivity index (χ0v) is 22.2. The highest BCUT2D eigenvalue weighted by molar-refractivity contribution is 6.30. The highest BCUT2D eigenvalue weighted by Crippen LogP contribution is 2.49. The van der Waals surface area contributed by atoms with E-state index in [1.807, 2.05) is 6.07 Å². The topological polar surface area (TPSA) is 73.5 Å². The smallest absolute Gasteiger partial charge is 0.319 e. The maximum atomic E-state index is 14.2. The lowest BCUT2D eigenvalue weighted by atomic mass is 9.75. The highest BCUT2D eigenvalue weighted by Gasteiger charge is 2.49. The summed E-state index contributed by atoms with van der Waals surface area (Å²) in [5.74, 6) is 0.733. The molecular formula is C31H35ClN4O2. The number of rotatable bonds is 4. The molecule has 0 bridgehead atoms. The molecule has 2 aliphatic heterocycles. The molecule has 1 unspecified atom stereocenters. The van der Waals surface area contributed by atoms with E-state index in [1.165, 1.54) is 5.56 Å². The summed E-state index contributed by atoms with van der Waals surface area (Å²) in [6, 6.07) is 15.4. The third kappa shape index (κ3) is 4.94. The van der Waals surface area contributed by atoms with Gasteiger partial charge in [-0.2, -0.15) is 0 Å². The van der Waals surface area contributed by atoms with Crippen LogP contribution in [0.5, 0.6) is 0 Å². The molecule has 2 aliphatic carbocycles. The normalized spacial score (nSPS) is 29.7. The number of urea groups is 1. The van der Waals surface area contributed by atoms with Gasteiger partial charge in [-0.1, -0.05) is 73.0 Å². The lowest BCUT2D eigenvalue weighted by Crippen LogP contribution is -2.51. The Hall–Kier alpha value is -3.25. The molecule has 2 aromatic carbocycles. The zero-order valence-electron chi connectivity index (χ0n) is 21.5. The van der Waals surface area contributed by atoms with Gasteiger partial charge in [0.1, 0.15) is 0 Å². The van der Waals surface area contributed by atoms with Gasteiger partial charge in [0.25, 0.3) is 0 Å². The predicted octanol–water partition coefficient (Wildman–Crippen LogP) is 6.54. The van der Waals surface area contributed by atoms with Gasteiger partial charge in [0.05, 0.1) is 12.0 Å². The number of benzene rings is 2. The van der Waals surface area contributed by atoms with Crippen LogP contribution in [0.15, 0.2) is 72.8 Å². The van der Waals surface area contributed by atoms with Crippen LogP contribution in [0.3, 0.4) is 0 Å². The summed E-state index contributed by atoms with van der Waals surface area (Å²) in [4.78, 5) is 29.3. The van der Waals surface area contributed by atoms with E-state index in [0.29, 0.717) is 22.5 Å². The molecule has 0 aromatic heterocycles. The third-order valence-electron chi connectivity index (χ3n) is 8.75. The number of likely N-dealkylation sites (tertiary alicyclic amines) is 1. The Morgan fingerprint density at radius 2 is 1.87 bits per heavy atom. The second kappa shape index (κ2) is 10.9. The Kier molecular flexibility index (Phi) is 7.16. The molecule has 6 nitrogen and oxygen atoms in total. The van der Waals surface area contributed by atoms with Crippen LogP contribution in [0.1, 0.15) is 50.1 Å². The van der Waals surface area contributed by atoms with Crippen LogP contribution in [-0.2, 0) is 4.79 Å². The molecule has 0 spiro atoms. The number of anilines is 2. The van der Waals surface area contributed by atoms with Crippen molar-refractivity contribution < 1.29 is 9.59 Å². The largest absolute Gasteiger partial charge is 0.381 e. The van der Waals surface area contributed by atoms with Crippen molar-refractivity contribution in [1.29, 1.82) is 0 Å². The van der Waals surface area contributed by atoms with Gasteiger partial charge in [-0.25, -0.2) is 4.79 Å². The van der Waals surface area contributed by atoms with E-state index in [2.05, 4.69) is 69.4 Å². The Labute approximate surface area is 229 Å². The van der Waals surface area contributed by atoms with Crippen molar-refractivity contribution in [2.75, 3.05) is 17.2 Å². The van der Waals surface area contributed by atoms with Gasteiger partial charge in [-0.15, -0.1) is 0 Å². The van der Waals surface area contributed by atoms with Crippen molar-refractivity contribution in [3.8, 4) is 0 Å². The molecule has 2 aromatic rings. The van der Waals surface area contributed by atoms with Crippen molar-refractivity contribution in [2.45, 2.75) is 56.7 Å². The van der Waals surface area contributed by atoms with E-state index >= 15 is 0 Å². The molecule has 2 fully saturated rings. The first-order valence-corrected chi connectivity index (χ1v) is 14.3. The van der Waals surface area contributed by atoms with E-state index in [1.54, 1.807) is 18.2 Å².